The first-order valence-corrected chi connectivity index (χ1v) is 6.07. The highest BCUT2D eigenvalue weighted by atomic mass is 15.3. The molecule has 3 N–H and O–H groups in total. The van der Waals surface area contributed by atoms with Gasteiger partial charge in [-0.3, -0.25) is 0 Å². The quantitative estimate of drug-likeness (QED) is 0.641. The molecule has 4 nitrogen and oxygen atoms in total. The SMILES string of the molecule is CCc1c(C)nc(-c2cccc(C)c2)nc1NN. The molecule has 1 aromatic carbocycles. The topological polar surface area (TPSA) is 63.8 Å². The van der Waals surface area contributed by atoms with Crippen molar-refractivity contribution >= 4 is 5.82 Å². The van der Waals surface area contributed by atoms with Crippen molar-refractivity contribution in [3.63, 3.8) is 0 Å². The van der Waals surface area contributed by atoms with Crippen molar-refractivity contribution < 1.29 is 0 Å². The van der Waals surface area contributed by atoms with Crippen molar-refractivity contribution in [2.24, 2.45) is 5.84 Å². The van der Waals surface area contributed by atoms with Crippen LogP contribution in [0.5, 0.6) is 0 Å². The van der Waals surface area contributed by atoms with Gasteiger partial charge in [0, 0.05) is 16.8 Å². The van der Waals surface area contributed by atoms with Crippen molar-refractivity contribution in [2.75, 3.05) is 5.43 Å². The Hall–Kier alpha value is -1.94. The number of nitrogens with two attached hydrogens (primary N) is 1. The zero-order chi connectivity index (χ0) is 13.1. The van der Waals surface area contributed by atoms with E-state index >= 15 is 0 Å². The van der Waals surface area contributed by atoms with E-state index in [4.69, 9.17) is 5.84 Å². The number of hydrogen-bond donors (Lipinski definition) is 2. The fourth-order valence-electron chi connectivity index (χ4n) is 2.05. The summed E-state index contributed by atoms with van der Waals surface area (Å²) in [5.74, 6) is 6.95. The largest absolute Gasteiger partial charge is 0.308 e. The second-order valence-corrected chi connectivity index (χ2v) is 4.33. The van der Waals surface area contributed by atoms with Crippen LogP contribution in [-0.2, 0) is 6.42 Å². The van der Waals surface area contributed by atoms with Crippen molar-refractivity contribution in [1.29, 1.82) is 0 Å². The molecule has 0 saturated heterocycles. The lowest BCUT2D eigenvalue weighted by Crippen LogP contribution is -2.13. The van der Waals surface area contributed by atoms with E-state index in [0.29, 0.717) is 11.6 Å². The monoisotopic (exact) mass is 242 g/mol. The average molecular weight is 242 g/mol. The van der Waals surface area contributed by atoms with Crippen LogP contribution in [0.4, 0.5) is 5.82 Å². The molecule has 94 valence electrons. The normalized spacial score (nSPS) is 10.4. The highest BCUT2D eigenvalue weighted by molar-refractivity contribution is 5.60. The molecule has 0 amide bonds. The molecule has 2 aromatic rings. The maximum atomic E-state index is 5.53. The molecular weight excluding hydrogens is 224 g/mol. The zero-order valence-electron chi connectivity index (χ0n) is 11.0. The minimum absolute atomic E-state index is 0.710. The summed E-state index contributed by atoms with van der Waals surface area (Å²) in [5, 5.41) is 0. The lowest BCUT2D eigenvalue weighted by Gasteiger charge is -2.11. The minimum Gasteiger partial charge on any atom is -0.308 e. The maximum Gasteiger partial charge on any atom is 0.161 e. The number of rotatable bonds is 3. The second-order valence-electron chi connectivity index (χ2n) is 4.33. The number of aryl methyl sites for hydroxylation is 2. The highest BCUT2D eigenvalue weighted by Crippen LogP contribution is 2.22. The van der Waals surface area contributed by atoms with E-state index in [1.807, 2.05) is 19.1 Å². The first-order chi connectivity index (χ1) is 8.65. The Labute approximate surface area is 107 Å². The van der Waals surface area contributed by atoms with Gasteiger partial charge < -0.3 is 5.43 Å². The molecule has 0 bridgehead atoms. The summed E-state index contributed by atoms with van der Waals surface area (Å²) < 4.78 is 0. The van der Waals surface area contributed by atoms with Crippen molar-refractivity contribution in [3.8, 4) is 11.4 Å². The molecule has 0 unspecified atom stereocenters. The van der Waals surface area contributed by atoms with Crippen molar-refractivity contribution in [1.82, 2.24) is 9.97 Å². The van der Waals surface area contributed by atoms with E-state index in [1.54, 1.807) is 0 Å². The molecule has 1 heterocycles. The smallest absolute Gasteiger partial charge is 0.161 e. The summed E-state index contributed by atoms with van der Waals surface area (Å²) in [7, 11) is 0. The minimum atomic E-state index is 0.710. The van der Waals surface area contributed by atoms with E-state index < -0.39 is 0 Å². The van der Waals surface area contributed by atoms with Gasteiger partial charge in [0.05, 0.1) is 0 Å². The van der Waals surface area contributed by atoms with Crippen LogP contribution in [0.2, 0.25) is 0 Å². The van der Waals surface area contributed by atoms with E-state index in [2.05, 4.69) is 41.4 Å². The third kappa shape index (κ3) is 2.33. The van der Waals surface area contributed by atoms with Crippen LogP contribution in [0.25, 0.3) is 11.4 Å². The molecule has 0 radical (unpaired) electrons. The Morgan fingerprint density at radius 2 is 2.00 bits per heavy atom. The average Bonchev–Trinajstić information content (AvgIpc) is 2.37. The second kappa shape index (κ2) is 5.14. The van der Waals surface area contributed by atoms with E-state index in [0.717, 1.165) is 23.2 Å². The van der Waals surface area contributed by atoms with Crippen LogP contribution in [0.15, 0.2) is 24.3 Å². The molecule has 4 heteroatoms. The number of nitrogens with one attached hydrogen (secondary N) is 1. The lowest BCUT2D eigenvalue weighted by molar-refractivity contribution is 0.995. The molecule has 2 rings (SSSR count). The van der Waals surface area contributed by atoms with Gasteiger partial charge in [-0.25, -0.2) is 15.8 Å². The number of hydrazine groups is 1. The van der Waals surface area contributed by atoms with Gasteiger partial charge in [-0.15, -0.1) is 0 Å². The summed E-state index contributed by atoms with van der Waals surface area (Å²) in [4.78, 5) is 9.04. The number of nitrogen functional groups attached to an aromatic ring is 1. The number of aromatic nitrogens is 2. The zero-order valence-corrected chi connectivity index (χ0v) is 11.0. The Balaban J connectivity index is 2.56. The molecule has 0 aliphatic carbocycles. The van der Waals surface area contributed by atoms with Crippen LogP contribution < -0.4 is 11.3 Å². The third-order valence-corrected chi connectivity index (χ3v) is 2.98. The number of nitrogens with zero attached hydrogens (tertiary/aromatic N) is 2. The van der Waals surface area contributed by atoms with Crippen LogP contribution in [-0.4, -0.2) is 9.97 Å². The third-order valence-electron chi connectivity index (χ3n) is 2.98. The Kier molecular flexibility index (Phi) is 3.58. The number of benzene rings is 1. The predicted octanol–water partition coefficient (Wildman–Crippen LogP) is 2.61. The highest BCUT2D eigenvalue weighted by Gasteiger charge is 2.10. The fraction of sp³-hybridized carbons (Fsp3) is 0.286. The van der Waals surface area contributed by atoms with Crippen LogP contribution in [0.3, 0.4) is 0 Å². The summed E-state index contributed by atoms with van der Waals surface area (Å²) in [6, 6.07) is 8.14. The van der Waals surface area contributed by atoms with E-state index in [1.165, 1.54) is 5.56 Å². The van der Waals surface area contributed by atoms with Crippen molar-refractivity contribution in [3.05, 3.63) is 41.1 Å². The summed E-state index contributed by atoms with van der Waals surface area (Å²) in [6.45, 7) is 6.11. The summed E-state index contributed by atoms with van der Waals surface area (Å²) in [5.41, 5.74) is 6.90. The predicted molar refractivity (Wildman–Crippen MR) is 74.1 cm³/mol. The molecule has 18 heavy (non-hydrogen) atoms. The van der Waals surface area contributed by atoms with Crippen LogP contribution in [0, 0.1) is 13.8 Å². The van der Waals surface area contributed by atoms with E-state index in [-0.39, 0.29) is 0 Å². The fourth-order valence-corrected chi connectivity index (χ4v) is 2.05. The Bertz CT molecular complexity index is 564. The molecule has 0 atom stereocenters. The Morgan fingerprint density at radius 3 is 2.61 bits per heavy atom. The van der Waals surface area contributed by atoms with Crippen LogP contribution >= 0.6 is 0 Å². The van der Waals surface area contributed by atoms with Gasteiger partial charge in [0.15, 0.2) is 5.82 Å². The van der Waals surface area contributed by atoms with Gasteiger partial charge in [0.1, 0.15) is 5.82 Å². The molecule has 0 saturated carbocycles. The standard InChI is InChI=1S/C14H18N4/c1-4-12-10(3)16-13(17-14(12)18-15)11-7-5-6-9(2)8-11/h5-8H,4,15H2,1-3H3,(H,16,17,18). The van der Waals surface area contributed by atoms with Gasteiger partial charge in [-0.2, -0.15) is 0 Å². The summed E-state index contributed by atoms with van der Waals surface area (Å²) >= 11 is 0. The molecule has 0 fully saturated rings. The van der Waals surface area contributed by atoms with Gasteiger partial charge in [0.25, 0.3) is 0 Å². The molecule has 0 aliphatic rings. The number of hydrogen-bond acceptors (Lipinski definition) is 4. The van der Waals surface area contributed by atoms with Gasteiger partial charge >= 0.3 is 0 Å². The first-order valence-electron chi connectivity index (χ1n) is 6.07. The maximum absolute atomic E-state index is 5.53. The first kappa shape index (κ1) is 12.5. The summed E-state index contributed by atoms with van der Waals surface area (Å²) in [6.07, 6.45) is 0.861. The molecule has 0 aliphatic heterocycles. The Morgan fingerprint density at radius 1 is 1.22 bits per heavy atom. The molecule has 1 aromatic heterocycles. The van der Waals surface area contributed by atoms with Gasteiger partial charge in [-0.1, -0.05) is 30.7 Å². The molecule has 0 spiro atoms. The lowest BCUT2D eigenvalue weighted by atomic mass is 10.1. The van der Waals surface area contributed by atoms with E-state index in [9.17, 15) is 0 Å². The van der Waals surface area contributed by atoms with Gasteiger partial charge in [-0.05, 0) is 26.3 Å². The number of anilines is 1. The molecular formula is C14H18N4. The van der Waals surface area contributed by atoms with Crippen LogP contribution in [0.1, 0.15) is 23.7 Å². The van der Waals surface area contributed by atoms with Crippen molar-refractivity contribution in [2.45, 2.75) is 27.2 Å². The van der Waals surface area contributed by atoms with Gasteiger partial charge in [0.2, 0.25) is 0 Å².